The molecule has 0 spiro atoms. The van der Waals surface area contributed by atoms with Crippen molar-refractivity contribution in [3.8, 4) is 0 Å². The van der Waals surface area contributed by atoms with Crippen molar-refractivity contribution < 1.29 is 0 Å². The molecule has 88 valence electrons. The Morgan fingerprint density at radius 1 is 1.29 bits per heavy atom. The van der Waals surface area contributed by atoms with E-state index in [0.29, 0.717) is 0 Å². The summed E-state index contributed by atoms with van der Waals surface area (Å²) >= 11 is 5.12. The second-order valence-electron chi connectivity index (χ2n) is 3.43. The number of halogens is 1. The van der Waals surface area contributed by atoms with E-state index in [1.165, 1.54) is 5.56 Å². The van der Waals surface area contributed by atoms with E-state index in [9.17, 15) is 0 Å². The number of nitrogens with zero attached hydrogens (tertiary/aromatic N) is 2. The van der Waals surface area contributed by atoms with Gasteiger partial charge >= 0.3 is 0 Å². The highest BCUT2D eigenvalue weighted by molar-refractivity contribution is 9.10. The average Bonchev–Trinajstić information content (AvgIpc) is 2.34. The highest BCUT2D eigenvalue weighted by Crippen LogP contribution is 2.31. The predicted octanol–water partition coefficient (Wildman–Crippen LogP) is 3.11. The number of nitrogens with one attached hydrogen (secondary N) is 1. The molecule has 0 aliphatic heterocycles. The minimum absolute atomic E-state index is 0.759. The monoisotopic (exact) mass is 309 g/mol. The lowest BCUT2D eigenvalue weighted by molar-refractivity contribution is 0.816. The zero-order chi connectivity index (χ0) is 12.1. The highest BCUT2D eigenvalue weighted by Gasteiger charge is 2.05. The van der Waals surface area contributed by atoms with E-state index in [4.69, 9.17) is 0 Å². The zero-order valence-electron chi connectivity index (χ0n) is 9.35. The normalized spacial score (nSPS) is 10.5. The molecule has 0 saturated heterocycles. The van der Waals surface area contributed by atoms with Crippen molar-refractivity contribution in [2.45, 2.75) is 16.6 Å². The molecule has 1 N–H and O–H groups in total. The third-order valence-corrected chi connectivity index (χ3v) is 4.01. The quantitative estimate of drug-likeness (QED) is 0.881. The van der Waals surface area contributed by atoms with Crippen molar-refractivity contribution in [3.63, 3.8) is 0 Å². The van der Waals surface area contributed by atoms with E-state index in [-0.39, 0.29) is 0 Å². The molecule has 0 radical (unpaired) electrons. The first-order chi connectivity index (χ1) is 8.29. The second-order valence-corrected chi connectivity index (χ2v) is 5.29. The van der Waals surface area contributed by atoms with Gasteiger partial charge in [-0.2, -0.15) is 0 Å². The van der Waals surface area contributed by atoms with Crippen LogP contribution >= 0.6 is 27.7 Å². The van der Waals surface area contributed by atoms with Gasteiger partial charge in [0.1, 0.15) is 0 Å². The Bertz CT molecular complexity index is 490. The van der Waals surface area contributed by atoms with Crippen LogP contribution in [0.2, 0.25) is 0 Å². The lowest BCUT2D eigenvalue weighted by Gasteiger charge is -2.05. The van der Waals surface area contributed by atoms with Crippen LogP contribution in [-0.2, 0) is 6.54 Å². The largest absolute Gasteiger partial charge is 0.316 e. The Balaban J connectivity index is 2.17. The lowest BCUT2D eigenvalue weighted by Crippen LogP contribution is -2.04. The summed E-state index contributed by atoms with van der Waals surface area (Å²) in [7, 11) is 1.94. The molecule has 0 atom stereocenters. The summed E-state index contributed by atoms with van der Waals surface area (Å²) in [6, 6.07) is 8.11. The van der Waals surface area contributed by atoms with Crippen LogP contribution < -0.4 is 5.32 Å². The van der Waals surface area contributed by atoms with Crippen LogP contribution in [-0.4, -0.2) is 17.0 Å². The summed E-state index contributed by atoms with van der Waals surface area (Å²) in [6.45, 7) is 0.866. The Labute approximate surface area is 113 Å². The molecule has 1 aromatic carbocycles. The van der Waals surface area contributed by atoms with Crippen molar-refractivity contribution >= 4 is 27.7 Å². The predicted molar refractivity (Wildman–Crippen MR) is 73.1 cm³/mol. The van der Waals surface area contributed by atoms with Crippen LogP contribution in [0.3, 0.4) is 0 Å². The molecule has 17 heavy (non-hydrogen) atoms. The highest BCUT2D eigenvalue weighted by atomic mass is 79.9. The molecule has 0 bridgehead atoms. The Kier molecular flexibility index (Phi) is 4.53. The van der Waals surface area contributed by atoms with Gasteiger partial charge in [0, 0.05) is 28.3 Å². The first-order valence-corrected chi connectivity index (χ1v) is 6.78. The average molecular weight is 310 g/mol. The molecule has 1 heterocycles. The fourth-order valence-corrected chi connectivity index (χ4v) is 2.76. The van der Waals surface area contributed by atoms with Crippen molar-refractivity contribution in [1.29, 1.82) is 0 Å². The molecule has 0 saturated carbocycles. The van der Waals surface area contributed by atoms with Crippen molar-refractivity contribution in [2.24, 2.45) is 0 Å². The van der Waals surface area contributed by atoms with Gasteiger partial charge in [-0.25, -0.2) is 9.97 Å². The van der Waals surface area contributed by atoms with E-state index in [1.807, 2.05) is 13.1 Å². The summed E-state index contributed by atoms with van der Waals surface area (Å²) in [5, 5.41) is 3.89. The number of hydrogen-bond donors (Lipinski definition) is 1. The standard InChI is InChI=1S/C12H12BrN3S/c1-14-8-9-3-4-11(10(13)7-9)17-12-15-5-2-6-16-12/h2-7,14H,8H2,1H3. The summed E-state index contributed by atoms with van der Waals surface area (Å²) in [4.78, 5) is 9.51. The topological polar surface area (TPSA) is 37.8 Å². The molecule has 0 unspecified atom stereocenters. The maximum Gasteiger partial charge on any atom is 0.192 e. The van der Waals surface area contributed by atoms with Gasteiger partial charge in [-0.1, -0.05) is 6.07 Å². The Hall–Kier alpha value is -0.910. The molecule has 2 aromatic rings. The van der Waals surface area contributed by atoms with Crippen LogP contribution in [0.4, 0.5) is 0 Å². The van der Waals surface area contributed by atoms with Crippen LogP contribution in [0, 0.1) is 0 Å². The molecule has 0 fully saturated rings. The number of rotatable bonds is 4. The van der Waals surface area contributed by atoms with Crippen LogP contribution in [0.5, 0.6) is 0 Å². The first-order valence-electron chi connectivity index (χ1n) is 5.17. The minimum atomic E-state index is 0.759. The lowest BCUT2D eigenvalue weighted by atomic mass is 10.2. The molecule has 0 aliphatic rings. The van der Waals surface area contributed by atoms with Crippen LogP contribution in [0.15, 0.2) is 51.2 Å². The zero-order valence-corrected chi connectivity index (χ0v) is 11.8. The van der Waals surface area contributed by atoms with Crippen molar-refractivity contribution in [3.05, 3.63) is 46.7 Å². The number of benzene rings is 1. The first kappa shape index (κ1) is 12.5. The third-order valence-electron chi connectivity index (χ3n) is 2.12. The number of hydrogen-bond acceptors (Lipinski definition) is 4. The second kappa shape index (κ2) is 6.14. The molecule has 5 heteroatoms. The maximum absolute atomic E-state index is 4.19. The minimum Gasteiger partial charge on any atom is -0.316 e. The van der Waals surface area contributed by atoms with Gasteiger partial charge in [-0.05, 0) is 58.5 Å². The van der Waals surface area contributed by atoms with Gasteiger partial charge in [-0.15, -0.1) is 0 Å². The molecular weight excluding hydrogens is 298 g/mol. The SMILES string of the molecule is CNCc1ccc(Sc2ncccn2)c(Br)c1. The maximum atomic E-state index is 4.19. The number of aromatic nitrogens is 2. The van der Waals surface area contributed by atoms with Gasteiger partial charge in [0.05, 0.1) is 0 Å². The van der Waals surface area contributed by atoms with Crippen molar-refractivity contribution in [1.82, 2.24) is 15.3 Å². The third kappa shape index (κ3) is 3.52. The van der Waals surface area contributed by atoms with Crippen molar-refractivity contribution in [2.75, 3.05) is 7.05 Å². The van der Waals surface area contributed by atoms with Gasteiger partial charge in [0.25, 0.3) is 0 Å². The smallest absolute Gasteiger partial charge is 0.192 e. The van der Waals surface area contributed by atoms with E-state index in [1.54, 1.807) is 24.2 Å². The van der Waals surface area contributed by atoms with E-state index in [0.717, 1.165) is 21.1 Å². The summed E-state index contributed by atoms with van der Waals surface area (Å²) in [5.74, 6) is 0. The van der Waals surface area contributed by atoms with E-state index < -0.39 is 0 Å². The van der Waals surface area contributed by atoms with Crippen LogP contribution in [0.1, 0.15) is 5.56 Å². The van der Waals surface area contributed by atoms with Gasteiger partial charge in [0.15, 0.2) is 5.16 Å². The summed E-state index contributed by atoms with van der Waals surface area (Å²) in [5.41, 5.74) is 1.25. The Morgan fingerprint density at radius 2 is 2.06 bits per heavy atom. The van der Waals surface area contributed by atoms with Gasteiger partial charge in [-0.3, -0.25) is 0 Å². The molecule has 1 aromatic heterocycles. The molecule has 0 aliphatic carbocycles. The summed E-state index contributed by atoms with van der Waals surface area (Å²) < 4.78 is 1.07. The molecule has 0 amide bonds. The Morgan fingerprint density at radius 3 is 2.71 bits per heavy atom. The fourth-order valence-electron chi connectivity index (χ4n) is 1.38. The summed E-state index contributed by atoms with van der Waals surface area (Å²) in [6.07, 6.45) is 3.50. The van der Waals surface area contributed by atoms with E-state index >= 15 is 0 Å². The van der Waals surface area contributed by atoms with E-state index in [2.05, 4.69) is 49.4 Å². The molecule has 3 nitrogen and oxygen atoms in total. The van der Waals surface area contributed by atoms with Gasteiger partial charge < -0.3 is 5.32 Å². The molecule has 2 rings (SSSR count). The molecular formula is C12H12BrN3S. The fraction of sp³-hybridized carbons (Fsp3) is 0.167. The van der Waals surface area contributed by atoms with Gasteiger partial charge in [0.2, 0.25) is 0 Å². The van der Waals surface area contributed by atoms with Crippen LogP contribution in [0.25, 0.3) is 0 Å².